The van der Waals surface area contributed by atoms with E-state index >= 15 is 0 Å². The molecule has 1 aromatic heterocycles. The van der Waals surface area contributed by atoms with Gasteiger partial charge in [-0.3, -0.25) is 4.57 Å². The first-order chi connectivity index (χ1) is 17.0. The van der Waals surface area contributed by atoms with Crippen molar-refractivity contribution < 1.29 is 43.5 Å². The number of aromatic nitrogens is 2. The van der Waals surface area contributed by atoms with Crippen molar-refractivity contribution in [1.82, 2.24) is 9.97 Å². The van der Waals surface area contributed by atoms with E-state index in [-0.39, 0.29) is 17.1 Å². The largest absolute Gasteiger partial charge is 0.387 e. The number of hydrazone groups is 1. The molecule has 0 unspecified atom stereocenters. The maximum Gasteiger partial charge on any atom is 0.361 e. The fourth-order valence-electron chi connectivity index (χ4n) is 3.99. The first-order valence-electron chi connectivity index (χ1n) is 11.2. The van der Waals surface area contributed by atoms with Crippen LogP contribution in [0.4, 0.5) is 11.6 Å². The predicted octanol–water partition coefficient (Wildman–Crippen LogP) is 0.455. The zero-order valence-electron chi connectivity index (χ0n) is 20.3. The van der Waals surface area contributed by atoms with Gasteiger partial charge < -0.3 is 44.3 Å². The third kappa shape index (κ3) is 5.99. The molecular formula is C20H33ClN5O9P. The lowest BCUT2D eigenvalue weighted by molar-refractivity contribution is -0.123. The average molecular weight is 554 g/mol. The summed E-state index contributed by atoms with van der Waals surface area (Å²) in [5, 5.41) is 27.6. The van der Waals surface area contributed by atoms with Crippen molar-refractivity contribution >= 4 is 37.5 Å². The molecule has 1 saturated carbocycles. The van der Waals surface area contributed by atoms with E-state index in [4.69, 9.17) is 30.5 Å². The molecule has 1 aliphatic carbocycles. The quantitative estimate of drug-likeness (QED) is 0.0981. The van der Waals surface area contributed by atoms with E-state index in [1.807, 2.05) is 0 Å². The van der Waals surface area contributed by atoms with E-state index in [2.05, 4.69) is 27.1 Å². The van der Waals surface area contributed by atoms with Crippen LogP contribution in [0.15, 0.2) is 5.10 Å². The Morgan fingerprint density at radius 2 is 1.89 bits per heavy atom. The van der Waals surface area contributed by atoms with Crippen molar-refractivity contribution in [3.63, 3.8) is 0 Å². The van der Waals surface area contributed by atoms with Crippen LogP contribution in [-0.4, -0.2) is 107 Å². The Labute approximate surface area is 213 Å². The molecule has 2 aliphatic rings. The SMILES string of the molecule is C=NN(c1nc(Cl)nc(NC2CCC2)c1C)[C@@H]1O[C@H](COC(COC)(COC)P(=O)(O)O)[C@@H](O)[C@H]1O. The Morgan fingerprint density at radius 3 is 2.39 bits per heavy atom. The molecule has 1 aliphatic heterocycles. The van der Waals surface area contributed by atoms with Gasteiger partial charge in [0.15, 0.2) is 12.0 Å². The van der Waals surface area contributed by atoms with Crippen molar-refractivity contribution in [2.24, 2.45) is 5.10 Å². The van der Waals surface area contributed by atoms with Gasteiger partial charge in [-0.2, -0.15) is 10.1 Å². The van der Waals surface area contributed by atoms with Crippen molar-refractivity contribution in [2.75, 3.05) is 44.4 Å². The molecule has 204 valence electrons. The van der Waals surface area contributed by atoms with Crippen molar-refractivity contribution in [3.8, 4) is 0 Å². The fraction of sp³-hybridized carbons (Fsp3) is 0.750. The van der Waals surface area contributed by atoms with E-state index in [0.717, 1.165) is 19.3 Å². The van der Waals surface area contributed by atoms with Crippen molar-refractivity contribution in [1.29, 1.82) is 0 Å². The lowest BCUT2D eigenvalue weighted by Crippen LogP contribution is -2.45. The molecule has 5 N–H and O–H groups in total. The monoisotopic (exact) mass is 553 g/mol. The Balaban J connectivity index is 1.82. The number of ether oxygens (including phenoxy) is 4. The number of anilines is 2. The lowest BCUT2D eigenvalue weighted by Gasteiger charge is -2.34. The number of halogens is 1. The summed E-state index contributed by atoms with van der Waals surface area (Å²) in [5.74, 6) is 0.704. The van der Waals surface area contributed by atoms with Gasteiger partial charge >= 0.3 is 7.60 Å². The van der Waals surface area contributed by atoms with E-state index < -0.39 is 57.3 Å². The van der Waals surface area contributed by atoms with Gasteiger partial charge in [0, 0.05) is 32.5 Å². The van der Waals surface area contributed by atoms with Crippen LogP contribution in [-0.2, 0) is 23.5 Å². The highest BCUT2D eigenvalue weighted by molar-refractivity contribution is 7.53. The van der Waals surface area contributed by atoms with Gasteiger partial charge in [0.1, 0.15) is 24.1 Å². The summed E-state index contributed by atoms with van der Waals surface area (Å²) in [7, 11) is -2.39. The van der Waals surface area contributed by atoms with Gasteiger partial charge in [-0.05, 0) is 37.8 Å². The van der Waals surface area contributed by atoms with Gasteiger partial charge in [0.25, 0.3) is 0 Å². The van der Waals surface area contributed by atoms with E-state index in [1.54, 1.807) is 6.92 Å². The topological polar surface area (TPSA) is 188 Å². The normalized spacial score (nSPS) is 25.0. The van der Waals surface area contributed by atoms with Crippen LogP contribution in [0, 0.1) is 6.92 Å². The predicted molar refractivity (Wildman–Crippen MR) is 130 cm³/mol. The second-order valence-corrected chi connectivity index (χ2v) is 11.0. The molecule has 2 heterocycles. The highest BCUT2D eigenvalue weighted by atomic mass is 35.5. The van der Waals surface area contributed by atoms with Crippen LogP contribution in [0.3, 0.4) is 0 Å². The number of aliphatic hydroxyl groups excluding tert-OH is 2. The van der Waals surface area contributed by atoms with Crippen molar-refractivity contribution in [2.45, 2.75) is 62.1 Å². The summed E-state index contributed by atoms with van der Waals surface area (Å²) in [6.45, 7) is 3.79. The van der Waals surface area contributed by atoms with E-state index in [0.29, 0.717) is 11.4 Å². The molecule has 0 amide bonds. The van der Waals surface area contributed by atoms with Gasteiger partial charge in [-0.1, -0.05) is 0 Å². The first kappa shape index (κ1) is 29.1. The molecule has 4 atom stereocenters. The van der Waals surface area contributed by atoms with Gasteiger partial charge in [0.05, 0.1) is 19.8 Å². The molecule has 0 aromatic carbocycles. The van der Waals surface area contributed by atoms with Crippen LogP contribution in [0.2, 0.25) is 5.28 Å². The lowest BCUT2D eigenvalue weighted by atomic mass is 9.93. The Morgan fingerprint density at radius 1 is 1.25 bits per heavy atom. The molecule has 0 radical (unpaired) electrons. The Hall–Kier alpha value is -1.45. The summed E-state index contributed by atoms with van der Waals surface area (Å²) in [4.78, 5) is 28.2. The summed E-state index contributed by atoms with van der Waals surface area (Å²) in [6.07, 6.45) is -2.34. The molecule has 36 heavy (non-hydrogen) atoms. The third-order valence-electron chi connectivity index (χ3n) is 6.27. The van der Waals surface area contributed by atoms with Gasteiger partial charge in [-0.15, -0.1) is 0 Å². The van der Waals surface area contributed by atoms with E-state index in [9.17, 15) is 24.6 Å². The number of hydrogen-bond donors (Lipinski definition) is 5. The zero-order chi connectivity index (χ0) is 26.7. The van der Waals surface area contributed by atoms with Gasteiger partial charge in [-0.25, -0.2) is 9.99 Å². The number of methoxy groups -OCH3 is 2. The summed E-state index contributed by atoms with van der Waals surface area (Å²) >= 11 is 6.15. The summed E-state index contributed by atoms with van der Waals surface area (Å²) in [6, 6.07) is 0.262. The van der Waals surface area contributed by atoms with Crippen LogP contribution in [0.1, 0.15) is 24.8 Å². The van der Waals surface area contributed by atoms with Crippen molar-refractivity contribution in [3.05, 3.63) is 10.8 Å². The standard InChI is InChI=1S/C20H33ClN5O9P/c1-11-16(23-12-6-5-7-12)24-19(21)25-17(11)26(22-2)18-15(28)14(27)13(35-18)8-34-20(9-32-3,10-33-4)36(29,30)31/h12-15,18,27-28H,2,5-10H2,1,3-4H3,(H,23,24,25)(H2,29,30,31)/t13-,14-,15-,18-/m1/s1. The highest BCUT2D eigenvalue weighted by Gasteiger charge is 2.52. The average Bonchev–Trinajstić information content (AvgIpc) is 3.06. The molecule has 2 fully saturated rings. The van der Waals surface area contributed by atoms with Crippen LogP contribution >= 0.6 is 19.2 Å². The minimum absolute atomic E-state index is 0.0652. The maximum atomic E-state index is 12.2. The van der Waals surface area contributed by atoms with E-state index in [1.165, 1.54) is 19.2 Å². The highest BCUT2D eigenvalue weighted by Crippen LogP contribution is 2.52. The first-order valence-corrected chi connectivity index (χ1v) is 13.2. The number of nitrogens with one attached hydrogen (secondary N) is 1. The van der Waals surface area contributed by atoms with Gasteiger partial charge in [0.2, 0.25) is 10.6 Å². The molecule has 14 nitrogen and oxygen atoms in total. The second-order valence-electron chi connectivity index (χ2n) is 8.76. The second kappa shape index (κ2) is 11.9. The number of aliphatic hydroxyl groups is 2. The Bertz CT molecular complexity index is 960. The minimum Gasteiger partial charge on any atom is -0.387 e. The summed E-state index contributed by atoms with van der Waals surface area (Å²) in [5.41, 5.74) is 0.574. The molecule has 1 saturated heterocycles. The molecular weight excluding hydrogens is 521 g/mol. The maximum absolute atomic E-state index is 12.2. The number of hydrogen-bond acceptors (Lipinski definition) is 12. The van der Waals surface area contributed by atoms with Crippen LogP contribution < -0.4 is 10.3 Å². The van der Waals surface area contributed by atoms with Crippen LogP contribution in [0.25, 0.3) is 0 Å². The smallest absolute Gasteiger partial charge is 0.361 e. The van der Waals surface area contributed by atoms with Crippen LogP contribution in [0.5, 0.6) is 0 Å². The minimum atomic E-state index is -4.90. The molecule has 16 heteroatoms. The zero-order valence-corrected chi connectivity index (χ0v) is 21.9. The third-order valence-corrected chi connectivity index (χ3v) is 7.89. The Kier molecular flexibility index (Phi) is 9.66. The number of rotatable bonds is 13. The molecule has 0 bridgehead atoms. The molecule has 0 spiro atoms. The fourth-order valence-corrected chi connectivity index (χ4v) is 4.99. The molecule has 3 rings (SSSR count). The summed E-state index contributed by atoms with van der Waals surface area (Å²) < 4.78 is 33.4. The molecule has 1 aromatic rings. The number of nitrogens with zero attached hydrogens (tertiary/aromatic N) is 4.